The van der Waals surface area contributed by atoms with E-state index in [1.54, 1.807) is 0 Å². The van der Waals surface area contributed by atoms with Crippen molar-refractivity contribution < 1.29 is 4.79 Å². The molecule has 0 fully saturated rings. The molecule has 3 heteroatoms. The average Bonchev–Trinajstić information content (AvgIpc) is 2.35. The Morgan fingerprint density at radius 1 is 1.29 bits per heavy atom. The van der Waals surface area contributed by atoms with E-state index in [0.717, 1.165) is 12.0 Å². The second kappa shape index (κ2) is 6.80. The van der Waals surface area contributed by atoms with Crippen molar-refractivity contribution in [1.82, 2.24) is 5.32 Å². The second-order valence-corrected chi connectivity index (χ2v) is 5.70. The Morgan fingerprint density at radius 2 is 1.88 bits per heavy atom. The predicted octanol–water partition coefficient (Wildman–Crippen LogP) is 3.40. The molecule has 17 heavy (non-hydrogen) atoms. The minimum Gasteiger partial charge on any atom is -0.351 e. The maximum absolute atomic E-state index is 11.8. The fourth-order valence-electron chi connectivity index (χ4n) is 1.42. The summed E-state index contributed by atoms with van der Waals surface area (Å²) in [7, 11) is 0. The van der Waals surface area contributed by atoms with Crippen LogP contribution in [0.2, 0.25) is 0 Å². The summed E-state index contributed by atoms with van der Waals surface area (Å²) in [4.78, 5) is 12.2. The molecular formula is C14H20BrNO. The summed E-state index contributed by atoms with van der Waals surface area (Å²) < 4.78 is 0. The van der Waals surface area contributed by atoms with Crippen molar-refractivity contribution in [3.63, 3.8) is 0 Å². The van der Waals surface area contributed by atoms with Crippen LogP contribution in [0.5, 0.6) is 0 Å². The lowest BCUT2D eigenvalue weighted by molar-refractivity contribution is 0.0953. The highest BCUT2D eigenvalue weighted by atomic mass is 79.9. The van der Waals surface area contributed by atoms with Crippen LogP contribution in [0.4, 0.5) is 0 Å². The summed E-state index contributed by atoms with van der Waals surface area (Å²) in [5.41, 5.74) is 1.98. The Hall–Kier alpha value is -0.830. The first-order valence-electron chi connectivity index (χ1n) is 6.05. The molecule has 0 spiro atoms. The number of hydrogen-bond acceptors (Lipinski definition) is 1. The molecule has 1 N–H and O–H groups in total. The van der Waals surface area contributed by atoms with Gasteiger partial charge in [0.15, 0.2) is 0 Å². The number of rotatable bonds is 5. The van der Waals surface area contributed by atoms with E-state index in [4.69, 9.17) is 0 Å². The molecule has 2 nitrogen and oxygen atoms in total. The minimum absolute atomic E-state index is 0.00208. The molecule has 0 aliphatic heterocycles. The molecule has 1 rings (SSSR count). The van der Waals surface area contributed by atoms with Crippen molar-refractivity contribution in [2.45, 2.75) is 32.0 Å². The SMILES string of the molecule is CCc1ccc(C(=O)NCC(Br)C(C)C)cc1. The van der Waals surface area contributed by atoms with Gasteiger partial charge in [-0.05, 0) is 30.0 Å². The third-order valence-corrected chi connectivity index (χ3v) is 4.19. The van der Waals surface area contributed by atoms with Gasteiger partial charge in [0.2, 0.25) is 0 Å². The van der Waals surface area contributed by atoms with Crippen molar-refractivity contribution in [3.8, 4) is 0 Å². The second-order valence-electron chi connectivity index (χ2n) is 4.52. The molecule has 1 atom stereocenters. The molecule has 0 aliphatic carbocycles. The molecule has 94 valence electrons. The van der Waals surface area contributed by atoms with Gasteiger partial charge in [0.25, 0.3) is 5.91 Å². The van der Waals surface area contributed by atoms with Crippen LogP contribution in [0.1, 0.15) is 36.7 Å². The van der Waals surface area contributed by atoms with Gasteiger partial charge in [-0.15, -0.1) is 0 Å². The Balaban J connectivity index is 2.52. The van der Waals surface area contributed by atoms with Crippen LogP contribution in [0, 0.1) is 5.92 Å². The highest BCUT2D eigenvalue weighted by Crippen LogP contribution is 2.11. The van der Waals surface area contributed by atoms with Gasteiger partial charge in [-0.1, -0.05) is 48.8 Å². The molecule has 0 aromatic heterocycles. The van der Waals surface area contributed by atoms with E-state index >= 15 is 0 Å². The lowest BCUT2D eigenvalue weighted by atomic mass is 10.1. The maximum Gasteiger partial charge on any atom is 0.251 e. The van der Waals surface area contributed by atoms with Gasteiger partial charge in [-0.3, -0.25) is 4.79 Å². The molecule has 0 radical (unpaired) electrons. The van der Waals surface area contributed by atoms with Crippen LogP contribution in [-0.4, -0.2) is 17.3 Å². The molecule has 0 aliphatic rings. The first-order valence-corrected chi connectivity index (χ1v) is 6.97. The maximum atomic E-state index is 11.8. The van der Waals surface area contributed by atoms with Crippen LogP contribution >= 0.6 is 15.9 Å². The van der Waals surface area contributed by atoms with Gasteiger partial charge in [-0.2, -0.15) is 0 Å². The predicted molar refractivity (Wildman–Crippen MR) is 75.7 cm³/mol. The van der Waals surface area contributed by atoms with Crippen molar-refractivity contribution in [1.29, 1.82) is 0 Å². The number of alkyl halides is 1. The molecule has 1 amide bonds. The number of amides is 1. The third-order valence-electron chi connectivity index (χ3n) is 2.81. The molecule has 1 unspecified atom stereocenters. The lowest BCUT2D eigenvalue weighted by Gasteiger charge is -2.14. The van der Waals surface area contributed by atoms with Gasteiger partial charge < -0.3 is 5.32 Å². The van der Waals surface area contributed by atoms with Gasteiger partial charge >= 0.3 is 0 Å². The largest absolute Gasteiger partial charge is 0.351 e. The monoisotopic (exact) mass is 297 g/mol. The van der Waals surface area contributed by atoms with E-state index in [9.17, 15) is 4.79 Å². The topological polar surface area (TPSA) is 29.1 Å². The summed E-state index contributed by atoms with van der Waals surface area (Å²) in [6.07, 6.45) is 0.999. The first kappa shape index (κ1) is 14.2. The van der Waals surface area contributed by atoms with E-state index in [-0.39, 0.29) is 5.91 Å². The normalized spacial score (nSPS) is 12.5. The summed E-state index contributed by atoms with van der Waals surface area (Å²) in [6.45, 7) is 7.02. The Bertz CT molecular complexity index is 359. The molecule has 0 heterocycles. The van der Waals surface area contributed by atoms with Crippen LogP contribution in [0.15, 0.2) is 24.3 Å². The fourth-order valence-corrected chi connectivity index (χ4v) is 1.58. The number of hydrogen-bond donors (Lipinski definition) is 1. The molecule has 0 saturated carbocycles. The van der Waals surface area contributed by atoms with Gasteiger partial charge in [0, 0.05) is 16.9 Å². The zero-order chi connectivity index (χ0) is 12.8. The van der Waals surface area contributed by atoms with Crippen LogP contribution in [-0.2, 0) is 6.42 Å². The molecule has 1 aromatic rings. The van der Waals surface area contributed by atoms with Gasteiger partial charge in [0.05, 0.1) is 0 Å². The Morgan fingerprint density at radius 3 is 2.35 bits per heavy atom. The summed E-state index contributed by atoms with van der Waals surface area (Å²) >= 11 is 3.55. The van der Waals surface area contributed by atoms with Crippen LogP contribution < -0.4 is 5.32 Å². The minimum atomic E-state index is -0.00208. The lowest BCUT2D eigenvalue weighted by Crippen LogP contribution is -2.31. The van der Waals surface area contributed by atoms with E-state index in [1.165, 1.54) is 5.56 Å². The van der Waals surface area contributed by atoms with E-state index in [2.05, 4.69) is 42.0 Å². The number of carbonyl (C=O) groups excluding carboxylic acids is 1. The third kappa shape index (κ3) is 4.50. The van der Waals surface area contributed by atoms with Gasteiger partial charge in [-0.25, -0.2) is 0 Å². The zero-order valence-corrected chi connectivity index (χ0v) is 12.3. The number of halogens is 1. The standard InChI is InChI=1S/C14H20BrNO/c1-4-11-5-7-12(8-6-11)14(17)16-9-13(15)10(2)3/h5-8,10,13H,4,9H2,1-3H3,(H,16,17). The van der Waals surface area contributed by atoms with Crippen LogP contribution in [0.3, 0.4) is 0 Å². The summed E-state index contributed by atoms with van der Waals surface area (Å²) in [5.74, 6) is 0.510. The van der Waals surface area contributed by atoms with Crippen molar-refractivity contribution in [3.05, 3.63) is 35.4 Å². The molecule has 0 bridgehead atoms. The summed E-state index contributed by atoms with van der Waals surface area (Å²) in [6, 6.07) is 7.77. The zero-order valence-electron chi connectivity index (χ0n) is 10.7. The quantitative estimate of drug-likeness (QED) is 0.829. The number of nitrogens with one attached hydrogen (secondary N) is 1. The van der Waals surface area contributed by atoms with Crippen molar-refractivity contribution >= 4 is 21.8 Å². The highest BCUT2D eigenvalue weighted by molar-refractivity contribution is 9.09. The van der Waals surface area contributed by atoms with E-state index in [1.807, 2.05) is 24.3 Å². The average molecular weight is 298 g/mol. The first-order chi connectivity index (χ1) is 8.04. The number of carbonyl (C=O) groups is 1. The van der Waals surface area contributed by atoms with E-state index < -0.39 is 0 Å². The fraction of sp³-hybridized carbons (Fsp3) is 0.500. The highest BCUT2D eigenvalue weighted by Gasteiger charge is 2.11. The number of aryl methyl sites for hydroxylation is 1. The molecular weight excluding hydrogens is 278 g/mol. The van der Waals surface area contributed by atoms with Crippen molar-refractivity contribution in [2.24, 2.45) is 5.92 Å². The van der Waals surface area contributed by atoms with E-state index in [0.29, 0.717) is 17.3 Å². The van der Waals surface area contributed by atoms with Gasteiger partial charge in [0.1, 0.15) is 0 Å². The summed E-state index contributed by atoms with van der Waals surface area (Å²) in [5, 5.41) is 2.93. The van der Waals surface area contributed by atoms with Crippen molar-refractivity contribution in [2.75, 3.05) is 6.54 Å². The smallest absolute Gasteiger partial charge is 0.251 e. The Labute approximate surface area is 112 Å². The molecule has 0 saturated heterocycles. The molecule has 1 aromatic carbocycles. The number of benzene rings is 1. The van der Waals surface area contributed by atoms with Crippen LogP contribution in [0.25, 0.3) is 0 Å². The Kier molecular flexibility index (Phi) is 5.69.